The Labute approximate surface area is 115 Å². The van der Waals surface area contributed by atoms with Crippen LogP contribution in [0.3, 0.4) is 0 Å². The number of rotatable bonds is 9. The summed E-state index contributed by atoms with van der Waals surface area (Å²) >= 11 is 6.25. The smallest absolute Gasteiger partial charge is 0.0834 e. The molecule has 1 N–H and O–H groups in total. The van der Waals surface area contributed by atoms with Crippen molar-refractivity contribution in [2.75, 3.05) is 19.8 Å². The molecule has 0 bridgehead atoms. The van der Waals surface area contributed by atoms with Gasteiger partial charge in [0.2, 0.25) is 0 Å². The average molecular weight is 274 g/mol. The number of hydrogen-bond acceptors (Lipinski definition) is 3. The highest BCUT2D eigenvalue weighted by atomic mass is 35.5. The number of halogens is 1. The summed E-state index contributed by atoms with van der Waals surface area (Å²) in [5.41, 5.74) is 1.08. The van der Waals surface area contributed by atoms with Crippen LogP contribution in [-0.4, -0.2) is 29.5 Å². The van der Waals surface area contributed by atoms with Gasteiger partial charge in [0.05, 0.1) is 23.0 Å². The molecule has 0 saturated heterocycles. The Morgan fingerprint density at radius 1 is 1.44 bits per heavy atom. The van der Waals surface area contributed by atoms with Crippen LogP contribution in [0.5, 0.6) is 0 Å². The molecule has 104 valence electrons. The monoisotopic (exact) mass is 273 g/mol. The Morgan fingerprint density at radius 3 is 2.83 bits per heavy atom. The first kappa shape index (κ1) is 15.5. The molecule has 0 fully saturated rings. The summed E-state index contributed by atoms with van der Waals surface area (Å²) in [4.78, 5) is 0. The second kappa shape index (κ2) is 8.51. The fraction of sp³-hybridized carbons (Fsp3) is 0.769. The zero-order valence-electron chi connectivity index (χ0n) is 11.6. The molecule has 0 aromatic carbocycles. The molecule has 1 aromatic heterocycles. The van der Waals surface area contributed by atoms with E-state index < -0.39 is 0 Å². The van der Waals surface area contributed by atoms with Gasteiger partial charge in [-0.3, -0.25) is 4.68 Å². The van der Waals surface area contributed by atoms with Crippen molar-refractivity contribution in [2.24, 2.45) is 0 Å². The Bertz CT molecular complexity index is 341. The molecule has 0 aliphatic rings. The highest BCUT2D eigenvalue weighted by Crippen LogP contribution is 2.25. The average Bonchev–Trinajstić information content (AvgIpc) is 2.75. The SMILES string of the molecule is CCCNC(CCOCC)c1c(Cl)cnn1CC. The van der Waals surface area contributed by atoms with E-state index in [-0.39, 0.29) is 6.04 Å². The lowest BCUT2D eigenvalue weighted by Gasteiger charge is -2.20. The van der Waals surface area contributed by atoms with E-state index in [9.17, 15) is 0 Å². The molecule has 5 heteroatoms. The fourth-order valence-electron chi connectivity index (χ4n) is 1.97. The van der Waals surface area contributed by atoms with Crippen molar-refractivity contribution in [1.29, 1.82) is 0 Å². The minimum atomic E-state index is 0.214. The van der Waals surface area contributed by atoms with E-state index in [0.29, 0.717) is 0 Å². The molecule has 1 aromatic rings. The van der Waals surface area contributed by atoms with Crippen molar-refractivity contribution < 1.29 is 4.74 Å². The molecule has 0 saturated carbocycles. The summed E-state index contributed by atoms with van der Waals surface area (Å²) < 4.78 is 7.40. The molecular formula is C13H24ClN3O. The molecule has 1 unspecified atom stereocenters. The minimum absolute atomic E-state index is 0.214. The van der Waals surface area contributed by atoms with Gasteiger partial charge in [0.25, 0.3) is 0 Å². The number of aryl methyl sites for hydroxylation is 1. The Hall–Kier alpha value is -0.580. The molecule has 0 spiro atoms. The second-order valence-electron chi connectivity index (χ2n) is 4.19. The van der Waals surface area contributed by atoms with Gasteiger partial charge in [-0.05, 0) is 33.2 Å². The molecule has 1 rings (SSSR count). The van der Waals surface area contributed by atoms with Gasteiger partial charge < -0.3 is 10.1 Å². The maximum Gasteiger partial charge on any atom is 0.0834 e. The van der Waals surface area contributed by atoms with Crippen LogP contribution in [0.15, 0.2) is 6.20 Å². The van der Waals surface area contributed by atoms with E-state index in [0.717, 1.165) is 49.9 Å². The highest BCUT2D eigenvalue weighted by molar-refractivity contribution is 6.31. The lowest BCUT2D eigenvalue weighted by atomic mass is 10.1. The molecule has 18 heavy (non-hydrogen) atoms. The van der Waals surface area contributed by atoms with E-state index in [2.05, 4.69) is 24.3 Å². The van der Waals surface area contributed by atoms with E-state index >= 15 is 0 Å². The number of ether oxygens (including phenoxy) is 1. The van der Waals surface area contributed by atoms with Gasteiger partial charge >= 0.3 is 0 Å². The van der Waals surface area contributed by atoms with E-state index in [4.69, 9.17) is 16.3 Å². The third kappa shape index (κ3) is 4.26. The van der Waals surface area contributed by atoms with Gasteiger partial charge in [-0.1, -0.05) is 18.5 Å². The zero-order valence-corrected chi connectivity index (χ0v) is 12.3. The predicted molar refractivity (Wildman–Crippen MR) is 75.1 cm³/mol. The Morgan fingerprint density at radius 2 is 2.22 bits per heavy atom. The summed E-state index contributed by atoms with van der Waals surface area (Å²) in [6, 6.07) is 0.214. The Kier molecular flexibility index (Phi) is 7.32. The molecule has 1 atom stereocenters. The van der Waals surface area contributed by atoms with Crippen LogP contribution < -0.4 is 5.32 Å². The van der Waals surface area contributed by atoms with Gasteiger partial charge in [-0.2, -0.15) is 5.10 Å². The minimum Gasteiger partial charge on any atom is -0.382 e. The molecule has 4 nitrogen and oxygen atoms in total. The predicted octanol–water partition coefficient (Wildman–Crippen LogP) is 3.02. The number of hydrogen-bond donors (Lipinski definition) is 1. The lowest BCUT2D eigenvalue weighted by Crippen LogP contribution is -2.26. The number of aromatic nitrogens is 2. The van der Waals surface area contributed by atoms with E-state index in [1.807, 2.05) is 11.6 Å². The van der Waals surface area contributed by atoms with Crippen molar-refractivity contribution in [3.63, 3.8) is 0 Å². The van der Waals surface area contributed by atoms with Gasteiger partial charge in [-0.15, -0.1) is 0 Å². The number of nitrogens with one attached hydrogen (secondary N) is 1. The van der Waals surface area contributed by atoms with Crippen LogP contribution in [0.2, 0.25) is 5.02 Å². The van der Waals surface area contributed by atoms with E-state index in [1.165, 1.54) is 0 Å². The van der Waals surface area contributed by atoms with Crippen LogP contribution in [0, 0.1) is 0 Å². The number of nitrogens with zero attached hydrogens (tertiary/aromatic N) is 2. The topological polar surface area (TPSA) is 39.1 Å². The molecule has 0 radical (unpaired) electrons. The summed E-state index contributed by atoms with van der Waals surface area (Å²) in [6.45, 7) is 9.54. The first-order chi connectivity index (χ1) is 8.74. The van der Waals surface area contributed by atoms with Crippen molar-refractivity contribution >= 4 is 11.6 Å². The van der Waals surface area contributed by atoms with Crippen LogP contribution >= 0.6 is 11.6 Å². The summed E-state index contributed by atoms with van der Waals surface area (Å²) in [5.74, 6) is 0. The third-order valence-corrected chi connectivity index (χ3v) is 3.15. The zero-order chi connectivity index (χ0) is 13.4. The summed E-state index contributed by atoms with van der Waals surface area (Å²) in [7, 11) is 0. The van der Waals surface area contributed by atoms with Crippen LogP contribution in [0.1, 0.15) is 45.3 Å². The van der Waals surface area contributed by atoms with E-state index in [1.54, 1.807) is 6.20 Å². The fourth-order valence-corrected chi connectivity index (χ4v) is 2.24. The molecule has 1 heterocycles. The van der Waals surface area contributed by atoms with Gasteiger partial charge in [-0.25, -0.2) is 0 Å². The maximum absolute atomic E-state index is 6.25. The first-order valence-corrected chi connectivity index (χ1v) is 7.14. The summed E-state index contributed by atoms with van der Waals surface area (Å²) in [6.07, 6.45) is 3.74. The molecule has 0 amide bonds. The maximum atomic E-state index is 6.25. The molecule has 0 aliphatic heterocycles. The quantitative estimate of drug-likeness (QED) is 0.703. The van der Waals surface area contributed by atoms with Crippen molar-refractivity contribution in [1.82, 2.24) is 15.1 Å². The van der Waals surface area contributed by atoms with Crippen molar-refractivity contribution in [2.45, 2.75) is 46.2 Å². The first-order valence-electron chi connectivity index (χ1n) is 6.76. The standard InChI is InChI=1S/C13H24ClN3O/c1-4-8-15-12(7-9-18-6-3)13-11(14)10-16-17(13)5-2/h10,12,15H,4-9H2,1-3H3. The normalized spacial score (nSPS) is 12.9. The van der Waals surface area contributed by atoms with Crippen LogP contribution in [0.25, 0.3) is 0 Å². The Balaban J connectivity index is 2.75. The van der Waals surface area contributed by atoms with Crippen molar-refractivity contribution in [3.05, 3.63) is 16.9 Å². The van der Waals surface area contributed by atoms with Gasteiger partial charge in [0.15, 0.2) is 0 Å². The third-order valence-electron chi connectivity index (χ3n) is 2.86. The summed E-state index contributed by atoms with van der Waals surface area (Å²) in [5, 5.41) is 8.55. The van der Waals surface area contributed by atoms with Gasteiger partial charge in [0.1, 0.15) is 0 Å². The van der Waals surface area contributed by atoms with Crippen LogP contribution in [0.4, 0.5) is 0 Å². The second-order valence-corrected chi connectivity index (χ2v) is 4.59. The van der Waals surface area contributed by atoms with Crippen molar-refractivity contribution in [3.8, 4) is 0 Å². The largest absolute Gasteiger partial charge is 0.382 e. The molecule has 0 aliphatic carbocycles. The van der Waals surface area contributed by atoms with Crippen LogP contribution in [-0.2, 0) is 11.3 Å². The van der Waals surface area contributed by atoms with Gasteiger partial charge in [0, 0.05) is 19.8 Å². The highest BCUT2D eigenvalue weighted by Gasteiger charge is 2.19. The lowest BCUT2D eigenvalue weighted by molar-refractivity contribution is 0.135. The molecular weight excluding hydrogens is 250 g/mol.